The van der Waals surface area contributed by atoms with Crippen molar-refractivity contribution in [3.8, 4) is 6.07 Å². The summed E-state index contributed by atoms with van der Waals surface area (Å²) in [5.74, 6) is -0.0210. The molecule has 118 valence electrons. The first-order valence-electron chi connectivity index (χ1n) is 6.82. The van der Waals surface area contributed by atoms with E-state index in [2.05, 4.69) is 31.6 Å². The zero-order valence-electron chi connectivity index (χ0n) is 12.9. The summed E-state index contributed by atoms with van der Waals surface area (Å²) in [5, 5.41) is 16.7. The SMILES string of the molecule is CC(C)(C)c1cc(C(=O)C(C#N)=NNc2cccc(Br)c2)no1. The zero-order chi connectivity index (χ0) is 17.0. The smallest absolute Gasteiger partial charge is 0.245 e. The van der Waals surface area contributed by atoms with Crippen molar-refractivity contribution in [2.45, 2.75) is 26.2 Å². The van der Waals surface area contributed by atoms with Crippen LogP contribution in [-0.2, 0) is 5.41 Å². The third-order valence-electron chi connectivity index (χ3n) is 2.92. The molecule has 0 aliphatic heterocycles. The highest BCUT2D eigenvalue weighted by Crippen LogP contribution is 2.23. The number of halogens is 1. The van der Waals surface area contributed by atoms with E-state index in [0.29, 0.717) is 11.4 Å². The lowest BCUT2D eigenvalue weighted by Gasteiger charge is -2.11. The lowest BCUT2D eigenvalue weighted by Crippen LogP contribution is -2.15. The first kappa shape index (κ1) is 16.9. The van der Waals surface area contributed by atoms with Crippen LogP contribution in [0.1, 0.15) is 37.0 Å². The summed E-state index contributed by atoms with van der Waals surface area (Å²) < 4.78 is 6.02. The van der Waals surface area contributed by atoms with E-state index in [9.17, 15) is 4.79 Å². The maximum absolute atomic E-state index is 12.3. The van der Waals surface area contributed by atoms with E-state index in [1.807, 2.05) is 32.9 Å². The molecule has 1 N–H and O–H groups in total. The molecule has 0 bridgehead atoms. The van der Waals surface area contributed by atoms with Gasteiger partial charge in [-0.05, 0) is 18.2 Å². The molecule has 0 atom stereocenters. The summed E-state index contributed by atoms with van der Waals surface area (Å²) in [7, 11) is 0. The van der Waals surface area contributed by atoms with Gasteiger partial charge in [0.1, 0.15) is 11.8 Å². The van der Waals surface area contributed by atoms with Crippen molar-refractivity contribution in [3.63, 3.8) is 0 Å². The van der Waals surface area contributed by atoms with Crippen LogP contribution in [0.5, 0.6) is 0 Å². The Morgan fingerprint density at radius 2 is 2.13 bits per heavy atom. The van der Waals surface area contributed by atoms with E-state index in [-0.39, 0.29) is 16.8 Å². The van der Waals surface area contributed by atoms with Crippen molar-refractivity contribution < 1.29 is 9.32 Å². The second kappa shape index (κ2) is 6.75. The van der Waals surface area contributed by atoms with Crippen molar-refractivity contribution in [2.24, 2.45) is 5.10 Å². The maximum atomic E-state index is 12.3. The second-order valence-electron chi connectivity index (χ2n) is 5.85. The Morgan fingerprint density at radius 1 is 1.39 bits per heavy atom. The third-order valence-corrected chi connectivity index (χ3v) is 3.42. The van der Waals surface area contributed by atoms with Crippen LogP contribution in [0.15, 0.2) is 44.4 Å². The minimum absolute atomic E-state index is 0.0614. The van der Waals surface area contributed by atoms with E-state index < -0.39 is 5.78 Å². The van der Waals surface area contributed by atoms with Crippen LogP contribution in [0.3, 0.4) is 0 Å². The highest BCUT2D eigenvalue weighted by molar-refractivity contribution is 9.10. The average Bonchev–Trinajstić information content (AvgIpc) is 2.97. The number of Topliss-reactive ketones (excluding diaryl/α,β-unsaturated/α-hetero) is 1. The van der Waals surface area contributed by atoms with Crippen LogP contribution in [0.2, 0.25) is 0 Å². The molecule has 6 nitrogen and oxygen atoms in total. The number of anilines is 1. The summed E-state index contributed by atoms with van der Waals surface area (Å²) in [6, 6.07) is 10.5. The Labute approximate surface area is 142 Å². The first-order chi connectivity index (χ1) is 10.8. The van der Waals surface area contributed by atoms with Gasteiger partial charge < -0.3 is 4.52 Å². The van der Waals surface area contributed by atoms with Gasteiger partial charge in [-0.25, -0.2) is 0 Å². The van der Waals surface area contributed by atoms with Gasteiger partial charge in [0, 0.05) is 16.0 Å². The average molecular weight is 375 g/mol. The van der Waals surface area contributed by atoms with Crippen LogP contribution >= 0.6 is 15.9 Å². The van der Waals surface area contributed by atoms with Gasteiger partial charge in [0.15, 0.2) is 5.69 Å². The maximum Gasteiger partial charge on any atom is 0.245 e. The molecule has 23 heavy (non-hydrogen) atoms. The van der Waals surface area contributed by atoms with Gasteiger partial charge in [0.25, 0.3) is 0 Å². The van der Waals surface area contributed by atoms with Crippen molar-refractivity contribution in [1.82, 2.24) is 5.16 Å². The third kappa shape index (κ3) is 4.27. The summed E-state index contributed by atoms with van der Waals surface area (Å²) >= 11 is 3.33. The molecule has 0 unspecified atom stereocenters. The second-order valence-corrected chi connectivity index (χ2v) is 6.77. The monoisotopic (exact) mass is 374 g/mol. The van der Waals surface area contributed by atoms with Gasteiger partial charge in [0.2, 0.25) is 11.5 Å². The van der Waals surface area contributed by atoms with Gasteiger partial charge in [-0.2, -0.15) is 10.4 Å². The van der Waals surface area contributed by atoms with E-state index in [1.165, 1.54) is 6.07 Å². The molecule has 0 spiro atoms. The minimum Gasteiger partial charge on any atom is -0.360 e. The molecular weight excluding hydrogens is 360 g/mol. The van der Waals surface area contributed by atoms with Crippen molar-refractivity contribution in [2.75, 3.05) is 5.43 Å². The highest BCUT2D eigenvalue weighted by Gasteiger charge is 2.24. The Morgan fingerprint density at radius 3 is 2.70 bits per heavy atom. The largest absolute Gasteiger partial charge is 0.360 e. The lowest BCUT2D eigenvalue weighted by atomic mass is 9.93. The quantitative estimate of drug-likeness (QED) is 0.497. The van der Waals surface area contributed by atoms with Crippen LogP contribution in [0.4, 0.5) is 5.69 Å². The number of carbonyl (C=O) groups is 1. The molecule has 0 saturated heterocycles. The molecule has 0 saturated carbocycles. The molecule has 1 heterocycles. The number of nitrogens with one attached hydrogen (secondary N) is 1. The minimum atomic E-state index is -0.589. The Balaban J connectivity index is 2.20. The predicted octanol–water partition coefficient (Wildman–Crippen LogP) is 3.91. The van der Waals surface area contributed by atoms with Crippen LogP contribution in [0.25, 0.3) is 0 Å². The first-order valence-corrected chi connectivity index (χ1v) is 7.62. The molecule has 7 heteroatoms. The Kier molecular flexibility index (Phi) is 4.96. The predicted molar refractivity (Wildman–Crippen MR) is 90.3 cm³/mol. The molecule has 2 rings (SSSR count). The number of ketones is 1. The van der Waals surface area contributed by atoms with Gasteiger partial charge >= 0.3 is 0 Å². The van der Waals surface area contributed by atoms with E-state index in [0.717, 1.165) is 4.47 Å². The highest BCUT2D eigenvalue weighted by atomic mass is 79.9. The van der Waals surface area contributed by atoms with Gasteiger partial charge in [-0.15, -0.1) is 0 Å². The van der Waals surface area contributed by atoms with Gasteiger partial charge in [-0.3, -0.25) is 10.2 Å². The fourth-order valence-electron chi connectivity index (χ4n) is 1.66. The van der Waals surface area contributed by atoms with Crippen molar-refractivity contribution in [3.05, 3.63) is 46.3 Å². The number of aromatic nitrogens is 1. The van der Waals surface area contributed by atoms with E-state index in [1.54, 1.807) is 18.2 Å². The van der Waals surface area contributed by atoms with Crippen LogP contribution in [-0.4, -0.2) is 16.7 Å². The topological polar surface area (TPSA) is 91.3 Å². The van der Waals surface area contributed by atoms with Crippen molar-refractivity contribution in [1.29, 1.82) is 5.26 Å². The van der Waals surface area contributed by atoms with Crippen molar-refractivity contribution >= 4 is 33.1 Å². The molecule has 0 fully saturated rings. The number of hydrogen-bond acceptors (Lipinski definition) is 6. The lowest BCUT2D eigenvalue weighted by molar-refractivity contribution is 0.105. The molecule has 2 aromatic rings. The van der Waals surface area contributed by atoms with Crippen LogP contribution in [0, 0.1) is 11.3 Å². The molecule has 1 aromatic carbocycles. The zero-order valence-corrected chi connectivity index (χ0v) is 14.5. The van der Waals surface area contributed by atoms with Crippen LogP contribution < -0.4 is 5.43 Å². The number of nitrogens with zero attached hydrogens (tertiary/aromatic N) is 3. The van der Waals surface area contributed by atoms with E-state index >= 15 is 0 Å². The number of hydrazone groups is 1. The molecular formula is C16H15BrN4O2. The fraction of sp³-hybridized carbons (Fsp3) is 0.250. The molecule has 1 aromatic heterocycles. The summed E-state index contributed by atoms with van der Waals surface area (Å²) in [6.07, 6.45) is 0. The fourth-order valence-corrected chi connectivity index (χ4v) is 2.06. The Bertz CT molecular complexity index is 797. The summed E-state index contributed by atoms with van der Waals surface area (Å²) in [4.78, 5) is 12.3. The molecule has 0 aliphatic rings. The van der Waals surface area contributed by atoms with E-state index in [4.69, 9.17) is 9.78 Å². The number of nitriles is 1. The number of benzene rings is 1. The molecule has 0 amide bonds. The van der Waals surface area contributed by atoms with Gasteiger partial charge in [0.05, 0.1) is 5.69 Å². The summed E-state index contributed by atoms with van der Waals surface area (Å²) in [5.41, 5.74) is 2.82. The van der Waals surface area contributed by atoms with Gasteiger partial charge in [-0.1, -0.05) is 47.9 Å². The molecule has 0 radical (unpaired) electrons. The normalized spacial score (nSPS) is 11.9. The number of rotatable bonds is 4. The Hall–Kier alpha value is -2.46. The molecule has 0 aliphatic carbocycles. The standard InChI is InChI=1S/C16H15BrN4O2/c1-16(2,3)14-8-12(21-23-14)15(22)13(9-18)20-19-11-6-4-5-10(17)7-11/h4-8,19H,1-3H3. The number of carbonyl (C=O) groups excluding carboxylic acids is 1. The number of hydrogen-bond donors (Lipinski definition) is 1. The summed E-state index contributed by atoms with van der Waals surface area (Å²) in [6.45, 7) is 5.82.